The van der Waals surface area contributed by atoms with Crippen LogP contribution in [0.4, 0.5) is 5.82 Å². The molecule has 0 amide bonds. The van der Waals surface area contributed by atoms with E-state index >= 15 is 0 Å². The van der Waals surface area contributed by atoms with Crippen LogP contribution in [0.25, 0.3) is 33.3 Å². The van der Waals surface area contributed by atoms with Crippen LogP contribution in [0.1, 0.15) is 11.1 Å². The van der Waals surface area contributed by atoms with Crippen molar-refractivity contribution in [3.8, 4) is 23.1 Å². The van der Waals surface area contributed by atoms with Crippen LogP contribution < -0.4 is 9.55 Å². The van der Waals surface area contributed by atoms with E-state index in [-0.39, 0.29) is 0 Å². The number of nitriles is 1. The highest BCUT2D eigenvalue weighted by atomic mass is 16.5. The van der Waals surface area contributed by atoms with Crippen molar-refractivity contribution in [1.82, 2.24) is 19.5 Å². The van der Waals surface area contributed by atoms with E-state index in [4.69, 9.17) is 17.7 Å². The Morgan fingerprint density at radius 1 is 1.19 bits per heavy atom. The van der Waals surface area contributed by atoms with Gasteiger partial charge >= 0.3 is 0 Å². The van der Waals surface area contributed by atoms with Crippen molar-refractivity contribution in [2.75, 3.05) is 11.9 Å². The number of hydrogen-bond donors (Lipinski definition) is 1. The Morgan fingerprint density at radius 3 is 2.75 bits per heavy atom. The van der Waals surface area contributed by atoms with Crippen LogP contribution >= 0.6 is 0 Å². The lowest BCUT2D eigenvalue weighted by molar-refractivity contribution is 0.414. The number of anilines is 1. The SMILES string of the molecule is [B]N(Cc1ccc(OC)cc1)c1nc2[nH]c(-c3cccc(C#N)c3)cc2c2c1ncn2C. The molecule has 2 radical (unpaired) electrons. The largest absolute Gasteiger partial charge is 0.497 e. The fraction of sp³-hybridized carbons (Fsp3) is 0.125. The van der Waals surface area contributed by atoms with E-state index in [1.165, 1.54) is 0 Å². The minimum atomic E-state index is 0.464. The summed E-state index contributed by atoms with van der Waals surface area (Å²) in [4.78, 5) is 14.4. The van der Waals surface area contributed by atoms with Gasteiger partial charge in [0.05, 0.1) is 30.6 Å². The molecule has 32 heavy (non-hydrogen) atoms. The molecule has 2 aromatic carbocycles. The first kappa shape index (κ1) is 19.7. The summed E-state index contributed by atoms with van der Waals surface area (Å²) in [6.07, 6.45) is 1.76. The molecule has 0 saturated carbocycles. The van der Waals surface area contributed by atoms with E-state index < -0.39 is 0 Å². The van der Waals surface area contributed by atoms with Crippen LogP contribution in [0.2, 0.25) is 0 Å². The number of pyridine rings is 1. The van der Waals surface area contributed by atoms with E-state index in [0.29, 0.717) is 23.6 Å². The Kier molecular flexibility index (Phi) is 4.79. The summed E-state index contributed by atoms with van der Waals surface area (Å²) in [5, 5.41) is 10.2. The van der Waals surface area contributed by atoms with Gasteiger partial charge < -0.3 is 19.1 Å². The summed E-state index contributed by atoms with van der Waals surface area (Å²) in [6.45, 7) is 0.464. The molecule has 3 aromatic heterocycles. The lowest BCUT2D eigenvalue weighted by atomic mass is 10.1. The van der Waals surface area contributed by atoms with Crippen molar-refractivity contribution in [1.29, 1.82) is 5.26 Å². The molecule has 5 aromatic rings. The smallest absolute Gasteiger partial charge is 0.229 e. The number of hydrogen-bond acceptors (Lipinski definition) is 5. The van der Waals surface area contributed by atoms with Crippen LogP contribution in [0.15, 0.2) is 60.9 Å². The normalized spacial score (nSPS) is 11.0. The maximum atomic E-state index is 9.24. The average Bonchev–Trinajstić information content (AvgIpc) is 3.42. The second-order valence-corrected chi connectivity index (χ2v) is 7.60. The molecule has 7 nitrogen and oxygen atoms in total. The molecule has 0 saturated heterocycles. The predicted octanol–water partition coefficient (Wildman–Crippen LogP) is 4.09. The number of fused-ring (bicyclic) bond motifs is 3. The lowest BCUT2D eigenvalue weighted by Gasteiger charge is -2.20. The molecule has 8 heteroatoms. The van der Waals surface area contributed by atoms with Gasteiger partial charge in [-0.1, -0.05) is 24.3 Å². The number of aryl methyl sites for hydroxylation is 1. The van der Waals surface area contributed by atoms with E-state index in [1.54, 1.807) is 24.3 Å². The van der Waals surface area contributed by atoms with Crippen LogP contribution in [0, 0.1) is 11.3 Å². The molecule has 0 unspecified atom stereocenters. The van der Waals surface area contributed by atoms with Gasteiger partial charge in [-0.2, -0.15) is 5.26 Å². The van der Waals surface area contributed by atoms with Gasteiger partial charge in [0.15, 0.2) is 0 Å². The van der Waals surface area contributed by atoms with Gasteiger partial charge in [0.25, 0.3) is 0 Å². The third-order valence-corrected chi connectivity index (χ3v) is 5.51. The van der Waals surface area contributed by atoms with Crippen LogP contribution in [-0.2, 0) is 13.6 Å². The van der Waals surface area contributed by atoms with E-state index in [2.05, 4.69) is 16.0 Å². The highest BCUT2D eigenvalue weighted by molar-refractivity contribution is 6.21. The maximum Gasteiger partial charge on any atom is 0.229 e. The molecule has 0 atom stereocenters. The topological polar surface area (TPSA) is 82.8 Å². The molecule has 0 aliphatic heterocycles. The van der Waals surface area contributed by atoms with Crippen molar-refractivity contribution < 1.29 is 4.74 Å². The number of aromatic nitrogens is 4. The van der Waals surface area contributed by atoms with E-state index in [0.717, 1.165) is 39.0 Å². The molecule has 0 fully saturated rings. The van der Waals surface area contributed by atoms with Crippen LogP contribution in [0.3, 0.4) is 0 Å². The van der Waals surface area contributed by atoms with Gasteiger partial charge in [-0.15, -0.1) is 0 Å². The number of aromatic amines is 1. The third-order valence-electron chi connectivity index (χ3n) is 5.51. The molecule has 0 bridgehead atoms. The first-order chi connectivity index (χ1) is 15.6. The van der Waals surface area contributed by atoms with Crippen molar-refractivity contribution in [2.24, 2.45) is 7.05 Å². The summed E-state index contributed by atoms with van der Waals surface area (Å²) in [5.41, 5.74) is 5.80. The number of nitrogens with one attached hydrogen (secondary N) is 1. The zero-order chi connectivity index (χ0) is 22.2. The Bertz CT molecular complexity index is 1480. The minimum Gasteiger partial charge on any atom is -0.497 e. The van der Waals surface area contributed by atoms with E-state index in [9.17, 15) is 5.26 Å². The van der Waals surface area contributed by atoms with Gasteiger partial charge in [0.2, 0.25) is 7.98 Å². The minimum absolute atomic E-state index is 0.464. The number of methoxy groups -OCH3 is 1. The van der Waals surface area contributed by atoms with Crippen LogP contribution in [-0.4, -0.2) is 34.6 Å². The zero-order valence-electron chi connectivity index (χ0n) is 17.7. The molecule has 1 N–H and O–H groups in total. The Balaban J connectivity index is 1.60. The summed E-state index contributed by atoms with van der Waals surface area (Å²) < 4.78 is 7.19. The number of rotatable bonds is 5. The van der Waals surface area contributed by atoms with Crippen molar-refractivity contribution in [3.63, 3.8) is 0 Å². The standard InChI is InChI=1S/C24H19BN6O/c1-30-14-27-21-22(30)19-11-20(17-5-3-4-16(10-17)12-26)28-23(19)29-24(21)31(25)13-15-6-8-18(32-2)9-7-15/h3-11,14H,13H2,1-2H3,(H,28,29). The Labute approximate surface area is 186 Å². The third kappa shape index (κ3) is 3.34. The fourth-order valence-corrected chi connectivity index (χ4v) is 3.90. The summed E-state index contributed by atoms with van der Waals surface area (Å²) in [6, 6.07) is 19.5. The van der Waals surface area contributed by atoms with Crippen LogP contribution in [0.5, 0.6) is 5.75 Å². The first-order valence-corrected chi connectivity index (χ1v) is 10.1. The first-order valence-electron chi connectivity index (χ1n) is 10.1. The van der Waals surface area contributed by atoms with Gasteiger partial charge in [-0.25, -0.2) is 9.97 Å². The molecule has 0 spiro atoms. The monoisotopic (exact) mass is 418 g/mol. The summed E-state index contributed by atoms with van der Waals surface area (Å²) in [7, 11) is 10.1. The van der Waals surface area contributed by atoms with Gasteiger partial charge in [-0.3, -0.25) is 0 Å². The van der Waals surface area contributed by atoms with Gasteiger partial charge in [-0.05, 0) is 41.5 Å². The lowest BCUT2D eigenvalue weighted by Crippen LogP contribution is -2.20. The van der Waals surface area contributed by atoms with Crippen molar-refractivity contribution in [2.45, 2.75) is 6.54 Å². The van der Waals surface area contributed by atoms with Gasteiger partial charge in [0.1, 0.15) is 22.7 Å². The highest BCUT2D eigenvalue weighted by Crippen LogP contribution is 2.33. The number of nitrogens with zero attached hydrogens (tertiary/aromatic N) is 5. The van der Waals surface area contributed by atoms with Crippen molar-refractivity contribution in [3.05, 3.63) is 72.1 Å². The Morgan fingerprint density at radius 2 is 2.00 bits per heavy atom. The fourth-order valence-electron chi connectivity index (χ4n) is 3.90. The number of ether oxygens (including phenoxy) is 1. The quantitative estimate of drug-likeness (QED) is 0.435. The Hall–Kier alpha value is -4.25. The average molecular weight is 418 g/mol. The number of H-pyrrole nitrogens is 1. The summed E-state index contributed by atoms with van der Waals surface area (Å²) in [5.74, 6) is 1.38. The maximum absolute atomic E-state index is 9.24. The second-order valence-electron chi connectivity index (χ2n) is 7.60. The van der Waals surface area contributed by atoms with E-state index in [1.807, 2.05) is 60.1 Å². The molecule has 154 valence electrons. The van der Waals surface area contributed by atoms with Crippen molar-refractivity contribution >= 4 is 35.9 Å². The molecular weight excluding hydrogens is 399 g/mol. The second kappa shape index (κ2) is 7.78. The highest BCUT2D eigenvalue weighted by Gasteiger charge is 2.18. The zero-order valence-corrected chi connectivity index (χ0v) is 17.7. The summed E-state index contributed by atoms with van der Waals surface area (Å²) >= 11 is 0. The molecule has 0 aliphatic rings. The van der Waals surface area contributed by atoms with Gasteiger partial charge in [0, 0.05) is 24.7 Å². The molecule has 3 heterocycles. The molecule has 0 aliphatic carbocycles. The predicted molar refractivity (Wildman–Crippen MR) is 125 cm³/mol. The number of benzene rings is 2. The molecule has 5 rings (SSSR count). The molecular formula is C24H19BN6O. The number of imidazole rings is 1.